The van der Waals surface area contributed by atoms with Crippen LogP contribution in [0.4, 0.5) is 0 Å². The van der Waals surface area contributed by atoms with Gasteiger partial charge in [0.1, 0.15) is 67.1 Å². The van der Waals surface area contributed by atoms with Gasteiger partial charge in [0.25, 0.3) is 0 Å². The number of fused-ring (bicyclic) bond motifs is 7. The van der Waals surface area contributed by atoms with Gasteiger partial charge in [0.15, 0.2) is 18.9 Å². The van der Waals surface area contributed by atoms with Crippen molar-refractivity contribution in [2.45, 2.75) is 218 Å². The van der Waals surface area contributed by atoms with E-state index in [4.69, 9.17) is 28.4 Å². The maximum atomic E-state index is 12.4. The number of aliphatic hydroxyl groups is 10. The molecular formula is C48H77O18-. The minimum atomic E-state index is -2.13. The van der Waals surface area contributed by atoms with E-state index in [0.717, 1.165) is 44.9 Å². The molecule has 18 heteroatoms. The van der Waals surface area contributed by atoms with Crippen molar-refractivity contribution in [3.63, 3.8) is 0 Å². The smallest absolute Gasteiger partial charge is 0.187 e. The van der Waals surface area contributed by atoms with Crippen LogP contribution in [0.15, 0.2) is 11.6 Å². The molecule has 7 fully saturated rings. The van der Waals surface area contributed by atoms with Gasteiger partial charge in [-0.2, -0.15) is 0 Å². The molecule has 0 radical (unpaired) electrons. The first kappa shape index (κ1) is 50.9. The number of hydrogen-bond acceptors (Lipinski definition) is 18. The van der Waals surface area contributed by atoms with Crippen molar-refractivity contribution in [2.75, 3.05) is 13.2 Å². The Morgan fingerprint density at radius 2 is 1.32 bits per heavy atom. The molecule has 0 amide bonds. The quantitative estimate of drug-likeness (QED) is 0.102. The second-order valence-electron chi connectivity index (χ2n) is 23.6. The third-order valence-electron chi connectivity index (χ3n) is 19.5. The molecule has 0 aromatic carbocycles. The molecule has 25 atom stereocenters. The van der Waals surface area contributed by atoms with Crippen LogP contribution in [0.1, 0.15) is 113 Å². The molecule has 18 nitrogen and oxygen atoms in total. The van der Waals surface area contributed by atoms with Gasteiger partial charge in [0.2, 0.25) is 0 Å². The number of carboxylic acids is 1. The summed E-state index contributed by atoms with van der Waals surface area (Å²) >= 11 is 0. The topological polar surface area (TPSA) is 298 Å². The van der Waals surface area contributed by atoms with E-state index < -0.39 is 116 Å². The van der Waals surface area contributed by atoms with E-state index in [2.05, 4.69) is 47.6 Å². The lowest BCUT2D eigenvalue weighted by Gasteiger charge is -2.72. The molecule has 10 N–H and O–H groups in total. The number of ether oxygens (including phenoxy) is 6. The molecule has 378 valence electrons. The molecule has 0 unspecified atom stereocenters. The molecule has 66 heavy (non-hydrogen) atoms. The molecule has 3 aliphatic heterocycles. The second kappa shape index (κ2) is 17.7. The largest absolute Gasteiger partial charge is 0.547 e. The molecule has 4 saturated carbocycles. The Balaban J connectivity index is 1.08. The minimum absolute atomic E-state index is 0.0131. The van der Waals surface area contributed by atoms with E-state index in [9.17, 15) is 61.0 Å². The van der Waals surface area contributed by atoms with Crippen LogP contribution in [0.3, 0.4) is 0 Å². The summed E-state index contributed by atoms with van der Waals surface area (Å²) < 4.78 is 36.1. The van der Waals surface area contributed by atoms with E-state index in [1.807, 2.05) is 6.92 Å². The molecule has 0 spiro atoms. The number of aliphatic hydroxyl groups excluding tert-OH is 10. The summed E-state index contributed by atoms with van der Waals surface area (Å²) in [6.07, 6.45) is -18.1. The number of allylic oxidation sites excluding steroid dienone is 2. The van der Waals surface area contributed by atoms with Crippen molar-refractivity contribution in [2.24, 2.45) is 50.2 Å². The molecule has 8 rings (SSSR count). The number of carbonyl (C=O) groups excluding carboxylic acids is 1. The van der Waals surface area contributed by atoms with Crippen LogP contribution in [0.2, 0.25) is 0 Å². The standard InChI is InChI=1S/C48H78O18/c1-21-29(52)31(54)35(58)40(61-21)65-37-32(55)30(53)24(19-49)62-41(37)66-38-34(57)33(56)36(39(59)60)64-42(38)63-28-12-13-45(5)25(46(28,6)20-50)11-14-48(8)26(45)10-9-22-23-17-43(2,3)18-27(51)44(23,4)15-16-47(22,48)7/h9,21,23-38,40-42,49-58H,10-20H2,1-8H3,(H,59,60)/p-1/t21-,23-,24+,25+,26+,27+,28-,29-,30-,31+,32-,33-,34-,35+,36-,37+,38+,40-,41-,42+,44+,45-,46+,47+,48+/m0/s1. The number of aliphatic carboxylic acids is 1. The van der Waals surface area contributed by atoms with Crippen molar-refractivity contribution in [3.8, 4) is 0 Å². The van der Waals surface area contributed by atoms with Crippen LogP contribution < -0.4 is 5.11 Å². The predicted octanol–water partition coefficient (Wildman–Crippen LogP) is -0.630. The molecular weight excluding hydrogens is 865 g/mol. The summed E-state index contributed by atoms with van der Waals surface area (Å²) in [5, 5.41) is 122. The Bertz CT molecular complexity index is 1820. The first-order valence-electron chi connectivity index (χ1n) is 24.2. The number of hydrogen-bond donors (Lipinski definition) is 10. The van der Waals surface area contributed by atoms with Crippen molar-refractivity contribution in [3.05, 3.63) is 11.6 Å². The minimum Gasteiger partial charge on any atom is -0.547 e. The van der Waals surface area contributed by atoms with Gasteiger partial charge >= 0.3 is 0 Å². The molecule has 3 heterocycles. The lowest BCUT2D eigenvalue weighted by atomic mass is 9.33. The van der Waals surface area contributed by atoms with Crippen molar-refractivity contribution < 1.29 is 89.4 Å². The summed E-state index contributed by atoms with van der Waals surface area (Å²) in [6, 6.07) is 0. The SMILES string of the molecule is C[C@@H]1O[C@@H](O[C@H]2[C@H](O[C@H]3[C@H](O[C@H]4CC[C@@]5(C)[C@@H](CC[C@]6(C)[C@@H]5CC=C5[C@@H]7CC(C)(C)C[C@@H](O)[C@]7(C)CC[C@]56C)[C@@]4(C)CO)O[C@H](C(=O)[O-])[C@@H](O)[C@@H]3O)O[C@H](CO)[C@H](O)[C@@H]2O)[C@H](O)[C@H](O)[C@H]1O. The van der Waals surface area contributed by atoms with E-state index in [1.54, 1.807) is 0 Å². The van der Waals surface area contributed by atoms with Gasteiger partial charge < -0.3 is 89.4 Å². The number of rotatable bonds is 9. The van der Waals surface area contributed by atoms with Crippen LogP contribution >= 0.6 is 0 Å². The average Bonchev–Trinajstić information content (AvgIpc) is 3.25. The maximum Gasteiger partial charge on any atom is 0.187 e. The van der Waals surface area contributed by atoms with E-state index in [-0.39, 0.29) is 57.5 Å². The van der Waals surface area contributed by atoms with Gasteiger partial charge in [0, 0.05) is 10.8 Å². The van der Waals surface area contributed by atoms with Crippen LogP contribution in [0, 0.1) is 50.2 Å². The van der Waals surface area contributed by atoms with E-state index in [0.29, 0.717) is 12.8 Å². The second-order valence-corrected chi connectivity index (χ2v) is 23.6. The van der Waals surface area contributed by atoms with E-state index in [1.165, 1.54) is 12.5 Å². The molecule has 8 aliphatic rings. The van der Waals surface area contributed by atoms with Crippen molar-refractivity contribution >= 4 is 5.97 Å². The Morgan fingerprint density at radius 3 is 1.95 bits per heavy atom. The fourth-order valence-corrected chi connectivity index (χ4v) is 15.1. The molecule has 0 aromatic heterocycles. The van der Waals surface area contributed by atoms with Gasteiger partial charge in [-0.1, -0.05) is 60.1 Å². The molecule has 5 aliphatic carbocycles. The van der Waals surface area contributed by atoms with Crippen molar-refractivity contribution in [1.82, 2.24) is 0 Å². The third kappa shape index (κ3) is 7.78. The highest BCUT2D eigenvalue weighted by molar-refractivity contribution is 5.71. The zero-order valence-electron chi connectivity index (χ0n) is 39.6. The lowest BCUT2D eigenvalue weighted by molar-refractivity contribution is -0.402. The van der Waals surface area contributed by atoms with Crippen LogP contribution in [-0.2, 0) is 33.2 Å². The third-order valence-corrected chi connectivity index (χ3v) is 19.5. The highest BCUT2D eigenvalue weighted by atomic mass is 16.8. The summed E-state index contributed by atoms with van der Waals surface area (Å²) in [5.41, 5.74) is -0.105. The zero-order chi connectivity index (χ0) is 48.4. The van der Waals surface area contributed by atoms with Crippen LogP contribution in [0.25, 0.3) is 0 Å². The van der Waals surface area contributed by atoms with Gasteiger partial charge in [-0.05, 0) is 104 Å². The van der Waals surface area contributed by atoms with Crippen LogP contribution in [0.5, 0.6) is 0 Å². The van der Waals surface area contributed by atoms with Gasteiger partial charge in [-0.15, -0.1) is 0 Å². The Labute approximate surface area is 387 Å². The number of carbonyl (C=O) groups is 1. The molecule has 0 aromatic rings. The monoisotopic (exact) mass is 942 g/mol. The first-order valence-corrected chi connectivity index (χ1v) is 24.2. The average molecular weight is 942 g/mol. The van der Waals surface area contributed by atoms with E-state index >= 15 is 0 Å². The summed E-state index contributed by atoms with van der Waals surface area (Å²) in [7, 11) is 0. The van der Waals surface area contributed by atoms with Gasteiger partial charge in [-0.3, -0.25) is 0 Å². The Hall–Kier alpha value is -1.43. The fraction of sp³-hybridized carbons (Fsp3) is 0.938. The van der Waals surface area contributed by atoms with Gasteiger partial charge in [-0.25, -0.2) is 0 Å². The maximum absolute atomic E-state index is 12.4. The number of carboxylic acid groups (broad SMARTS) is 1. The lowest BCUT2D eigenvalue weighted by Crippen LogP contribution is -2.69. The summed E-state index contributed by atoms with van der Waals surface area (Å²) in [5.74, 6) is -1.43. The molecule has 0 bridgehead atoms. The highest BCUT2D eigenvalue weighted by Gasteiger charge is 2.70. The summed E-state index contributed by atoms with van der Waals surface area (Å²) in [6.45, 7) is 16.3. The Morgan fingerprint density at radius 1 is 0.682 bits per heavy atom. The fourth-order valence-electron chi connectivity index (χ4n) is 15.1. The highest BCUT2D eigenvalue weighted by Crippen LogP contribution is 2.76. The normalized spacial score (nSPS) is 55.9. The van der Waals surface area contributed by atoms with Crippen LogP contribution in [-0.4, -0.2) is 175 Å². The van der Waals surface area contributed by atoms with Gasteiger partial charge in [0.05, 0.1) is 37.5 Å². The summed E-state index contributed by atoms with van der Waals surface area (Å²) in [4.78, 5) is 12.4. The zero-order valence-corrected chi connectivity index (χ0v) is 39.6. The van der Waals surface area contributed by atoms with Crippen molar-refractivity contribution in [1.29, 1.82) is 0 Å². The molecule has 3 saturated heterocycles. The Kier molecular flexibility index (Phi) is 13.7. The first-order chi connectivity index (χ1) is 30.7. The predicted molar refractivity (Wildman–Crippen MR) is 228 cm³/mol.